The number of benzene rings is 1. The fraction of sp³-hybridized carbons (Fsp3) is 0.286. The van der Waals surface area contributed by atoms with Gasteiger partial charge in [0.2, 0.25) is 0 Å². The Labute approximate surface area is 130 Å². The molecule has 20 heavy (non-hydrogen) atoms. The third-order valence-electron chi connectivity index (χ3n) is 2.60. The first kappa shape index (κ1) is 15.1. The first-order valence-electron chi connectivity index (χ1n) is 6.06. The molecule has 0 unspecified atom stereocenters. The summed E-state index contributed by atoms with van der Waals surface area (Å²) >= 11 is 4.39. The highest BCUT2D eigenvalue weighted by Crippen LogP contribution is 2.33. The molecular weight excluding hydrogens is 342 g/mol. The lowest BCUT2D eigenvalue weighted by molar-refractivity contribution is -0.121. The number of likely N-dealkylation sites (N-methyl/N-ethyl adjacent to an activating group) is 1. The van der Waals surface area contributed by atoms with E-state index in [4.69, 9.17) is 4.74 Å². The maximum absolute atomic E-state index is 11.8. The Kier molecular flexibility index (Phi) is 4.55. The number of carbonyl (C=O) groups is 2. The summed E-state index contributed by atoms with van der Waals surface area (Å²) in [6, 6.07) is 5.56. The molecule has 1 aromatic carbocycles. The molecule has 1 fully saturated rings. The molecule has 0 aliphatic carbocycles. The molecule has 0 N–H and O–H groups in total. The standard InChI is InChI=1S/C14H14BrNO3S/c1-8(2)19-11-5-4-9(6-10(11)15)7-12-13(17)16(3)14(18)20-12/h4-8H,1-3H3/b12-7-. The second-order valence-corrected chi connectivity index (χ2v) is 6.44. The van der Waals surface area contributed by atoms with E-state index in [1.807, 2.05) is 32.0 Å². The summed E-state index contributed by atoms with van der Waals surface area (Å²) in [5, 5.41) is -0.250. The van der Waals surface area contributed by atoms with Gasteiger partial charge < -0.3 is 4.74 Å². The Hall–Kier alpha value is -1.27. The van der Waals surface area contributed by atoms with Gasteiger partial charge in [-0.1, -0.05) is 6.07 Å². The summed E-state index contributed by atoms with van der Waals surface area (Å²) in [5.74, 6) is 0.486. The van der Waals surface area contributed by atoms with Gasteiger partial charge in [-0.2, -0.15) is 0 Å². The molecule has 0 atom stereocenters. The molecule has 0 radical (unpaired) electrons. The molecule has 1 aliphatic heterocycles. The lowest BCUT2D eigenvalue weighted by Gasteiger charge is -2.11. The Morgan fingerprint density at radius 1 is 1.35 bits per heavy atom. The van der Waals surface area contributed by atoms with Crippen LogP contribution in [0, 0.1) is 0 Å². The Morgan fingerprint density at radius 3 is 2.55 bits per heavy atom. The minimum Gasteiger partial charge on any atom is -0.490 e. The van der Waals surface area contributed by atoms with E-state index in [9.17, 15) is 9.59 Å². The molecule has 0 spiro atoms. The van der Waals surface area contributed by atoms with Crippen LogP contribution < -0.4 is 4.74 Å². The predicted molar refractivity (Wildman–Crippen MR) is 83.6 cm³/mol. The number of amides is 2. The minimum atomic E-state index is -0.265. The van der Waals surface area contributed by atoms with Gasteiger partial charge in [0.15, 0.2) is 0 Å². The van der Waals surface area contributed by atoms with Crippen molar-refractivity contribution in [1.82, 2.24) is 4.90 Å². The van der Waals surface area contributed by atoms with Crippen LogP contribution in [-0.4, -0.2) is 29.2 Å². The van der Waals surface area contributed by atoms with Crippen molar-refractivity contribution in [2.75, 3.05) is 7.05 Å². The van der Waals surface area contributed by atoms with Gasteiger partial charge in [0, 0.05) is 7.05 Å². The van der Waals surface area contributed by atoms with Crippen molar-refractivity contribution in [3.63, 3.8) is 0 Å². The van der Waals surface area contributed by atoms with Crippen molar-refractivity contribution in [2.24, 2.45) is 0 Å². The van der Waals surface area contributed by atoms with Crippen LogP contribution >= 0.6 is 27.7 Å². The van der Waals surface area contributed by atoms with E-state index in [2.05, 4.69) is 15.9 Å². The van der Waals surface area contributed by atoms with Gasteiger partial charge >= 0.3 is 0 Å². The maximum atomic E-state index is 11.8. The number of hydrogen-bond acceptors (Lipinski definition) is 4. The van der Waals surface area contributed by atoms with Crippen LogP contribution in [0.15, 0.2) is 27.6 Å². The van der Waals surface area contributed by atoms with Crippen molar-refractivity contribution in [1.29, 1.82) is 0 Å². The van der Waals surface area contributed by atoms with Gasteiger partial charge in [0.05, 0.1) is 15.5 Å². The van der Waals surface area contributed by atoms with E-state index >= 15 is 0 Å². The van der Waals surface area contributed by atoms with E-state index in [1.54, 1.807) is 6.08 Å². The molecule has 4 nitrogen and oxygen atoms in total. The summed E-state index contributed by atoms with van der Waals surface area (Å²) in [4.78, 5) is 24.8. The quantitative estimate of drug-likeness (QED) is 0.771. The smallest absolute Gasteiger partial charge is 0.293 e. The molecule has 106 valence electrons. The van der Waals surface area contributed by atoms with Crippen molar-refractivity contribution in [3.05, 3.63) is 33.1 Å². The van der Waals surface area contributed by atoms with Crippen LogP contribution in [0.3, 0.4) is 0 Å². The van der Waals surface area contributed by atoms with E-state index in [1.165, 1.54) is 7.05 Å². The molecule has 2 rings (SSSR count). The minimum absolute atomic E-state index is 0.0914. The molecule has 1 aliphatic rings. The van der Waals surface area contributed by atoms with Gasteiger partial charge in [-0.05, 0) is 65.3 Å². The molecule has 6 heteroatoms. The van der Waals surface area contributed by atoms with E-state index in [0.29, 0.717) is 4.91 Å². The second-order valence-electron chi connectivity index (χ2n) is 4.60. The Morgan fingerprint density at radius 2 is 2.05 bits per heavy atom. The number of carbonyl (C=O) groups excluding carboxylic acids is 2. The summed E-state index contributed by atoms with van der Waals surface area (Å²) in [6.07, 6.45) is 1.80. The number of ether oxygens (including phenoxy) is 1. The molecule has 0 saturated carbocycles. The van der Waals surface area contributed by atoms with Crippen molar-refractivity contribution < 1.29 is 14.3 Å². The zero-order chi connectivity index (χ0) is 14.9. The van der Waals surface area contributed by atoms with Crippen molar-refractivity contribution in [3.8, 4) is 5.75 Å². The van der Waals surface area contributed by atoms with Crippen LogP contribution in [0.4, 0.5) is 4.79 Å². The van der Waals surface area contributed by atoms with E-state index < -0.39 is 0 Å². The third kappa shape index (κ3) is 3.24. The van der Waals surface area contributed by atoms with Crippen LogP contribution in [0.2, 0.25) is 0 Å². The number of nitrogens with zero attached hydrogens (tertiary/aromatic N) is 1. The van der Waals surface area contributed by atoms with E-state index in [0.717, 1.165) is 32.4 Å². The summed E-state index contributed by atoms with van der Waals surface area (Å²) in [6.45, 7) is 3.91. The second kappa shape index (κ2) is 6.01. The monoisotopic (exact) mass is 355 g/mol. The maximum Gasteiger partial charge on any atom is 0.293 e. The topological polar surface area (TPSA) is 46.6 Å². The highest BCUT2D eigenvalue weighted by Gasteiger charge is 2.31. The molecule has 2 amide bonds. The van der Waals surface area contributed by atoms with Crippen molar-refractivity contribution in [2.45, 2.75) is 20.0 Å². The Balaban J connectivity index is 2.25. The van der Waals surface area contributed by atoms with Gasteiger partial charge in [-0.3, -0.25) is 14.5 Å². The number of halogens is 1. The van der Waals surface area contributed by atoms with Gasteiger partial charge in [0.25, 0.3) is 11.1 Å². The number of imide groups is 1. The molecule has 0 bridgehead atoms. The number of rotatable bonds is 3. The number of hydrogen-bond donors (Lipinski definition) is 0. The lowest BCUT2D eigenvalue weighted by Crippen LogP contribution is -2.22. The third-order valence-corrected chi connectivity index (χ3v) is 4.18. The molecular formula is C14H14BrNO3S. The summed E-state index contributed by atoms with van der Waals surface area (Å²) < 4.78 is 6.44. The Bertz CT molecular complexity index is 598. The van der Waals surface area contributed by atoms with Crippen LogP contribution in [-0.2, 0) is 4.79 Å². The van der Waals surface area contributed by atoms with Gasteiger partial charge in [-0.15, -0.1) is 0 Å². The molecule has 0 aromatic heterocycles. The average Bonchev–Trinajstić information content (AvgIpc) is 2.60. The van der Waals surface area contributed by atoms with Gasteiger partial charge in [-0.25, -0.2) is 0 Å². The van der Waals surface area contributed by atoms with E-state index in [-0.39, 0.29) is 17.3 Å². The van der Waals surface area contributed by atoms with Crippen LogP contribution in [0.5, 0.6) is 5.75 Å². The largest absolute Gasteiger partial charge is 0.490 e. The first-order valence-corrected chi connectivity index (χ1v) is 7.67. The molecule has 1 heterocycles. The molecule has 1 saturated heterocycles. The average molecular weight is 356 g/mol. The predicted octanol–water partition coefficient (Wildman–Crippen LogP) is 3.90. The fourth-order valence-electron chi connectivity index (χ4n) is 1.65. The highest BCUT2D eigenvalue weighted by atomic mass is 79.9. The summed E-state index contributed by atoms with van der Waals surface area (Å²) in [7, 11) is 1.48. The fourth-order valence-corrected chi connectivity index (χ4v) is 2.97. The summed E-state index contributed by atoms with van der Waals surface area (Å²) in [5.41, 5.74) is 0.840. The van der Waals surface area contributed by atoms with Crippen LogP contribution in [0.1, 0.15) is 19.4 Å². The number of thioether (sulfide) groups is 1. The van der Waals surface area contributed by atoms with Crippen LogP contribution in [0.25, 0.3) is 6.08 Å². The zero-order valence-electron chi connectivity index (χ0n) is 11.3. The zero-order valence-corrected chi connectivity index (χ0v) is 13.7. The van der Waals surface area contributed by atoms with Gasteiger partial charge in [0.1, 0.15) is 5.75 Å². The normalized spacial score (nSPS) is 17.4. The first-order chi connectivity index (χ1) is 9.38. The van der Waals surface area contributed by atoms with Crippen molar-refractivity contribution >= 4 is 44.9 Å². The lowest BCUT2D eigenvalue weighted by atomic mass is 10.2. The highest BCUT2D eigenvalue weighted by molar-refractivity contribution is 9.10. The SMILES string of the molecule is CC(C)Oc1ccc(/C=C2\SC(=O)N(C)C2=O)cc1Br. The molecule has 1 aromatic rings.